The van der Waals surface area contributed by atoms with Crippen LogP contribution in [0.2, 0.25) is 0 Å². The number of aryl methyl sites for hydroxylation is 2. The van der Waals surface area contributed by atoms with Gasteiger partial charge in [-0.1, -0.05) is 116 Å². The molecule has 230 valence electrons. The van der Waals surface area contributed by atoms with Crippen LogP contribution in [0.15, 0.2) is 54.6 Å². The Morgan fingerprint density at radius 2 is 1.32 bits per heavy atom. The molecule has 2 aromatic rings. The van der Waals surface area contributed by atoms with Crippen molar-refractivity contribution >= 4 is 17.8 Å². The van der Waals surface area contributed by atoms with Crippen molar-refractivity contribution in [1.82, 2.24) is 5.32 Å². The largest absolute Gasteiger partial charge is 0.466 e. The summed E-state index contributed by atoms with van der Waals surface area (Å²) in [6.07, 6.45) is 5.79. The molecule has 0 fully saturated rings. The highest BCUT2D eigenvalue weighted by atomic mass is 16.5. The Morgan fingerprint density at radius 3 is 1.88 bits per heavy atom. The summed E-state index contributed by atoms with van der Waals surface area (Å²) in [7, 11) is 0. The first-order valence-electron chi connectivity index (χ1n) is 15.5. The fraction of sp³-hybridized carbons (Fsp3) is 0.571. The molecular weight excluding hydrogens is 514 g/mol. The SMILES string of the molecule is CC.CC(C)C.CCCCOC(=O)CC[C@@H](CCc1ccc(CCC)cc1)C(=O)NCC(=O)OCc1ccccc1. The summed E-state index contributed by atoms with van der Waals surface area (Å²) in [5, 5.41) is 2.69. The third kappa shape index (κ3) is 20.4. The van der Waals surface area contributed by atoms with Gasteiger partial charge in [0.1, 0.15) is 13.2 Å². The van der Waals surface area contributed by atoms with Crippen molar-refractivity contribution in [1.29, 1.82) is 0 Å². The van der Waals surface area contributed by atoms with Crippen LogP contribution in [0.3, 0.4) is 0 Å². The number of unbranched alkanes of at least 4 members (excludes halogenated alkanes) is 1. The number of amides is 1. The van der Waals surface area contributed by atoms with E-state index in [2.05, 4.69) is 57.3 Å². The molecule has 0 aromatic heterocycles. The molecule has 1 atom stereocenters. The minimum absolute atomic E-state index is 0.163. The zero-order valence-electron chi connectivity index (χ0n) is 26.7. The molecule has 0 aliphatic rings. The molecule has 0 spiro atoms. The van der Waals surface area contributed by atoms with E-state index in [0.717, 1.165) is 42.7 Å². The topological polar surface area (TPSA) is 81.7 Å². The minimum Gasteiger partial charge on any atom is -0.466 e. The summed E-state index contributed by atoms with van der Waals surface area (Å²) in [5.74, 6) is -0.592. The number of hydrogen-bond donors (Lipinski definition) is 1. The van der Waals surface area contributed by atoms with E-state index in [9.17, 15) is 14.4 Å². The maximum atomic E-state index is 12.9. The molecule has 6 nitrogen and oxygen atoms in total. The smallest absolute Gasteiger partial charge is 0.325 e. The maximum absolute atomic E-state index is 12.9. The molecule has 1 amide bonds. The first-order valence-corrected chi connectivity index (χ1v) is 15.5. The summed E-state index contributed by atoms with van der Waals surface area (Å²) in [5.41, 5.74) is 3.33. The number of nitrogens with one attached hydrogen (secondary N) is 1. The van der Waals surface area contributed by atoms with Gasteiger partial charge in [0.05, 0.1) is 6.61 Å². The van der Waals surface area contributed by atoms with E-state index in [0.29, 0.717) is 25.9 Å². The number of ether oxygens (including phenoxy) is 2. The predicted octanol–water partition coefficient (Wildman–Crippen LogP) is 7.86. The Kier molecular flexibility index (Phi) is 22.7. The minimum atomic E-state index is -0.494. The van der Waals surface area contributed by atoms with E-state index in [1.54, 1.807) is 0 Å². The van der Waals surface area contributed by atoms with Crippen molar-refractivity contribution < 1.29 is 23.9 Å². The van der Waals surface area contributed by atoms with Crippen molar-refractivity contribution in [3.63, 3.8) is 0 Å². The lowest BCUT2D eigenvalue weighted by molar-refractivity contribution is -0.146. The molecule has 0 saturated heterocycles. The van der Waals surface area contributed by atoms with Crippen LogP contribution >= 0.6 is 0 Å². The van der Waals surface area contributed by atoms with E-state index < -0.39 is 11.9 Å². The van der Waals surface area contributed by atoms with Gasteiger partial charge in [0.2, 0.25) is 5.91 Å². The Morgan fingerprint density at radius 1 is 0.732 bits per heavy atom. The molecule has 2 aromatic carbocycles. The van der Waals surface area contributed by atoms with Crippen molar-refractivity contribution in [2.45, 2.75) is 106 Å². The molecule has 0 aliphatic carbocycles. The normalized spacial score (nSPS) is 10.8. The number of rotatable bonds is 16. The zero-order valence-corrected chi connectivity index (χ0v) is 26.7. The first-order chi connectivity index (χ1) is 19.7. The second-order valence-electron chi connectivity index (χ2n) is 10.5. The second-order valence-corrected chi connectivity index (χ2v) is 10.5. The highest BCUT2D eigenvalue weighted by Crippen LogP contribution is 2.17. The van der Waals surface area contributed by atoms with Crippen LogP contribution in [0.25, 0.3) is 0 Å². The van der Waals surface area contributed by atoms with E-state index in [1.807, 2.05) is 51.1 Å². The molecule has 2 rings (SSSR count). The summed E-state index contributed by atoms with van der Waals surface area (Å²) in [6, 6.07) is 17.8. The summed E-state index contributed by atoms with van der Waals surface area (Å²) < 4.78 is 10.5. The molecule has 0 radical (unpaired) electrons. The Bertz CT molecular complexity index is 938. The van der Waals surface area contributed by atoms with Crippen LogP contribution in [0, 0.1) is 11.8 Å². The summed E-state index contributed by atoms with van der Waals surface area (Å²) in [4.78, 5) is 37.1. The van der Waals surface area contributed by atoms with Gasteiger partial charge in [-0.05, 0) is 54.7 Å². The van der Waals surface area contributed by atoms with Gasteiger partial charge < -0.3 is 14.8 Å². The monoisotopic (exact) mass is 569 g/mol. The molecule has 41 heavy (non-hydrogen) atoms. The van der Waals surface area contributed by atoms with E-state index in [1.165, 1.54) is 5.56 Å². The van der Waals surface area contributed by atoms with Crippen LogP contribution in [0.1, 0.15) is 104 Å². The molecule has 0 heterocycles. The van der Waals surface area contributed by atoms with E-state index >= 15 is 0 Å². The van der Waals surface area contributed by atoms with Crippen LogP contribution in [-0.2, 0) is 43.3 Å². The lowest BCUT2D eigenvalue weighted by atomic mass is 9.93. The molecule has 0 unspecified atom stereocenters. The molecule has 0 saturated carbocycles. The molecule has 6 heteroatoms. The lowest BCUT2D eigenvalue weighted by Crippen LogP contribution is -2.36. The number of esters is 2. The Hall–Kier alpha value is -3.15. The van der Waals surface area contributed by atoms with Crippen LogP contribution in [0.5, 0.6) is 0 Å². The number of carbonyl (C=O) groups is 3. The van der Waals surface area contributed by atoms with Crippen molar-refractivity contribution in [3.05, 3.63) is 71.3 Å². The maximum Gasteiger partial charge on any atom is 0.325 e. The van der Waals surface area contributed by atoms with Gasteiger partial charge in [0, 0.05) is 12.3 Å². The third-order valence-electron chi connectivity index (χ3n) is 5.82. The summed E-state index contributed by atoms with van der Waals surface area (Å²) in [6.45, 7) is 15.1. The second kappa shape index (κ2) is 24.6. The summed E-state index contributed by atoms with van der Waals surface area (Å²) >= 11 is 0. The lowest BCUT2D eigenvalue weighted by Gasteiger charge is -2.17. The number of benzene rings is 2. The average molecular weight is 570 g/mol. The van der Waals surface area contributed by atoms with Crippen LogP contribution in [-0.4, -0.2) is 31.0 Å². The molecule has 1 N–H and O–H groups in total. The zero-order chi connectivity index (χ0) is 30.9. The molecule has 0 aliphatic heterocycles. The quantitative estimate of drug-likeness (QED) is 0.164. The van der Waals surface area contributed by atoms with Crippen LogP contribution < -0.4 is 5.32 Å². The van der Waals surface area contributed by atoms with Gasteiger partial charge in [0.15, 0.2) is 0 Å². The fourth-order valence-corrected chi connectivity index (χ4v) is 3.70. The van der Waals surface area contributed by atoms with E-state index in [4.69, 9.17) is 9.47 Å². The average Bonchev–Trinajstić information content (AvgIpc) is 2.97. The van der Waals surface area contributed by atoms with Gasteiger partial charge in [-0.15, -0.1) is 0 Å². The Labute approximate surface area is 249 Å². The van der Waals surface area contributed by atoms with E-state index in [-0.39, 0.29) is 31.4 Å². The van der Waals surface area contributed by atoms with Crippen molar-refractivity contribution in [2.75, 3.05) is 13.2 Å². The Balaban J connectivity index is 0.00000244. The number of carbonyl (C=O) groups excluding carboxylic acids is 3. The van der Waals surface area contributed by atoms with Crippen LogP contribution in [0.4, 0.5) is 0 Å². The highest BCUT2D eigenvalue weighted by Gasteiger charge is 2.21. The third-order valence-corrected chi connectivity index (χ3v) is 5.82. The molecular formula is C35H55NO5. The van der Waals surface area contributed by atoms with Gasteiger partial charge in [-0.3, -0.25) is 14.4 Å². The van der Waals surface area contributed by atoms with Gasteiger partial charge >= 0.3 is 11.9 Å². The van der Waals surface area contributed by atoms with Gasteiger partial charge in [-0.25, -0.2) is 0 Å². The van der Waals surface area contributed by atoms with Gasteiger partial charge in [-0.2, -0.15) is 0 Å². The first kappa shape index (κ1) is 37.9. The van der Waals surface area contributed by atoms with Crippen molar-refractivity contribution in [3.8, 4) is 0 Å². The molecule has 0 bridgehead atoms. The predicted molar refractivity (Wildman–Crippen MR) is 168 cm³/mol. The van der Waals surface area contributed by atoms with Crippen molar-refractivity contribution in [2.24, 2.45) is 11.8 Å². The highest BCUT2D eigenvalue weighted by molar-refractivity contribution is 5.84. The number of hydrogen-bond acceptors (Lipinski definition) is 5. The fourth-order valence-electron chi connectivity index (χ4n) is 3.70. The van der Waals surface area contributed by atoms with Gasteiger partial charge in [0.25, 0.3) is 0 Å². The standard InChI is InChI=1S/C29H39NO5.C4H10.C2H6/c1-3-5-20-34-27(31)19-18-26(17-16-24-14-12-23(9-4-2)13-15-24)29(33)30-21-28(32)35-22-25-10-7-6-8-11-25;1-4(2)3;1-2/h6-8,10-15,26H,3-5,9,16-22H2,1-2H3,(H,30,33);4H,1-3H3;1-2H3/t26-;;/m1../s1.